The first-order chi connectivity index (χ1) is 14.1. The molecular formula is C25H31NO3. The number of nitrogens with two attached hydrogens (primary N) is 1. The van der Waals surface area contributed by atoms with Gasteiger partial charge in [-0.25, -0.2) is 0 Å². The van der Waals surface area contributed by atoms with Crippen LogP contribution >= 0.6 is 0 Å². The summed E-state index contributed by atoms with van der Waals surface area (Å²) in [7, 11) is 0. The van der Waals surface area contributed by atoms with Crippen molar-refractivity contribution in [2.45, 2.75) is 44.9 Å². The van der Waals surface area contributed by atoms with Crippen molar-refractivity contribution < 1.29 is 15.3 Å². The van der Waals surface area contributed by atoms with Crippen molar-refractivity contribution in [2.75, 3.05) is 13.2 Å². The smallest absolute Gasteiger partial charge is 0.115 e. The molecule has 0 aromatic heterocycles. The van der Waals surface area contributed by atoms with Crippen LogP contribution in [0.1, 0.15) is 56.1 Å². The summed E-state index contributed by atoms with van der Waals surface area (Å²) in [5.74, 6) is 0.473. The van der Waals surface area contributed by atoms with Crippen LogP contribution in [0, 0.1) is 0 Å². The second-order valence-electron chi connectivity index (χ2n) is 7.62. The molecule has 2 aromatic carbocycles. The van der Waals surface area contributed by atoms with E-state index in [0.717, 1.165) is 55.2 Å². The van der Waals surface area contributed by atoms with Crippen LogP contribution in [0.5, 0.6) is 11.5 Å². The van der Waals surface area contributed by atoms with E-state index in [0.29, 0.717) is 6.54 Å². The minimum Gasteiger partial charge on any atom is -0.508 e. The van der Waals surface area contributed by atoms with Crippen LogP contribution in [0.15, 0.2) is 65.3 Å². The number of hydrogen-bond donors (Lipinski definition) is 4. The van der Waals surface area contributed by atoms with Crippen LogP contribution in [0.4, 0.5) is 0 Å². The lowest BCUT2D eigenvalue weighted by molar-refractivity contribution is 0.284. The van der Waals surface area contributed by atoms with Crippen molar-refractivity contribution >= 4 is 5.57 Å². The normalized spacial score (nSPS) is 14.1. The summed E-state index contributed by atoms with van der Waals surface area (Å²) in [6.07, 6.45) is 6.89. The summed E-state index contributed by atoms with van der Waals surface area (Å²) in [6, 6.07) is 14.6. The summed E-state index contributed by atoms with van der Waals surface area (Å²) in [4.78, 5) is 0. The fourth-order valence-electron chi connectivity index (χ4n) is 4.17. The lowest BCUT2D eigenvalue weighted by atomic mass is 9.80. The molecule has 2 aromatic rings. The number of phenols is 2. The van der Waals surface area contributed by atoms with Gasteiger partial charge < -0.3 is 21.1 Å². The second-order valence-corrected chi connectivity index (χ2v) is 7.62. The zero-order valence-corrected chi connectivity index (χ0v) is 16.9. The molecular weight excluding hydrogens is 362 g/mol. The number of aliphatic hydroxyl groups is 1. The van der Waals surface area contributed by atoms with Crippen molar-refractivity contribution in [2.24, 2.45) is 5.73 Å². The summed E-state index contributed by atoms with van der Waals surface area (Å²) < 4.78 is 0. The molecule has 154 valence electrons. The molecule has 0 saturated carbocycles. The van der Waals surface area contributed by atoms with Gasteiger partial charge >= 0.3 is 0 Å². The largest absolute Gasteiger partial charge is 0.508 e. The van der Waals surface area contributed by atoms with Gasteiger partial charge in [-0.2, -0.15) is 0 Å². The van der Waals surface area contributed by atoms with E-state index in [-0.39, 0.29) is 18.1 Å². The molecule has 0 fully saturated rings. The van der Waals surface area contributed by atoms with Crippen molar-refractivity contribution in [3.8, 4) is 11.5 Å². The fraction of sp³-hybridized carbons (Fsp3) is 0.360. The van der Waals surface area contributed by atoms with Crippen molar-refractivity contribution in [3.63, 3.8) is 0 Å². The molecule has 0 spiro atoms. The Labute approximate surface area is 173 Å². The van der Waals surface area contributed by atoms with Gasteiger partial charge in [0.05, 0.1) is 0 Å². The van der Waals surface area contributed by atoms with Gasteiger partial charge in [0.1, 0.15) is 11.5 Å². The molecule has 29 heavy (non-hydrogen) atoms. The number of hydrogen-bond acceptors (Lipinski definition) is 4. The average Bonchev–Trinajstić information content (AvgIpc) is 2.75. The molecule has 0 bridgehead atoms. The maximum Gasteiger partial charge on any atom is 0.115 e. The van der Waals surface area contributed by atoms with Gasteiger partial charge in [0.2, 0.25) is 0 Å². The molecule has 4 heteroatoms. The standard InChI is InChI=1S/C25H31NO3/c26-17-20-5-1-2-6-23(20)24(7-3-4-16-27)25(18-8-12-21(28)13-9-18)19-10-14-22(29)15-11-19/h8-15,27-29H,1-7,16-17,26H2. The number of unbranched alkanes of at least 4 members (excludes halogenated alkanes) is 1. The topological polar surface area (TPSA) is 86.7 Å². The van der Waals surface area contributed by atoms with Crippen molar-refractivity contribution in [3.05, 3.63) is 76.4 Å². The second kappa shape index (κ2) is 10.3. The summed E-state index contributed by atoms with van der Waals surface area (Å²) in [5.41, 5.74) is 13.2. The lowest BCUT2D eigenvalue weighted by Gasteiger charge is -2.26. The molecule has 4 nitrogen and oxygen atoms in total. The zero-order valence-electron chi connectivity index (χ0n) is 16.9. The van der Waals surface area contributed by atoms with Crippen LogP contribution in [0.3, 0.4) is 0 Å². The Balaban J connectivity index is 2.23. The van der Waals surface area contributed by atoms with Crippen LogP contribution in [-0.2, 0) is 0 Å². The third kappa shape index (κ3) is 5.28. The first kappa shape index (κ1) is 21.2. The van der Waals surface area contributed by atoms with Crippen molar-refractivity contribution in [1.82, 2.24) is 0 Å². The van der Waals surface area contributed by atoms with Gasteiger partial charge in [0.15, 0.2) is 0 Å². The highest BCUT2D eigenvalue weighted by molar-refractivity contribution is 5.85. The minimum atomic E-state index is 0.184. The number of aliphatic hydroxyl groups excluding tert-OH is 1. The third-order valence-corrected chi connectivity index (χ3v) is 5.64. The highest BCUT2D eigenvalue weighted by Gasteiger charge is 2.20. The monoisotopic (exact) mass is 393 g/mol. The van der Waals surface area contributed by atoms with E-state index in [2.05, 4.69) is 0 Å². The maximum absolute atomic E-state index is 9.78. The Morgan fingerprint density at radius 3 is 1.86 bits per heavy atom. The van der Waals surface area contributed by atoms with E-state index in [1.165, 1.54) is 23.1 Å². The number of rotatable bonds is 8. The molecule has 0 radical (unpaired) electrons. The van der Waals surface area contributed by atoms with Crippen molar-refractivity contribution in [1.29, 1.82) is 0 Å². The predicted molar refractivity (Wildman–Crippen MR) is 118 cm³/mol. The number of benzene rings is 2. The predicted octanol–water partition coefficient (Wildman–Crippen LogP) is 4.89. The van der Waals surface area contributed by atoms with Gasteiger partial charge in [-0.15, -0.1) is 0 Å². The first-order valence-electron chi connectivity index (χ1n) is 10.5. The molecule has 3 rings (SSSR count). The Morgan fingerprint density at radius 2 is 1.34 bits per heavy atom. The van der Waals surface area contributed by atoms with Crippen LogP contribution in [0.25, 0.3) is 5.57 Å². The summed E-state index contributed by atoms with van der Waals surface area (Å²) in [5, 5.41) is 28.9. The van der Waals surface area contributed by atoms with Gasteiger partial charge in [-0.1, -0.05) is 29.8 Å². The Kier molecular flexibility index (Phi) is 7.50. The number of aromatic hydroxyl groups is 2. The van der Waals surface area contributed by atoms with Crippen LogP contribution < -0.4 is 5.73 Å². The molecule has 0 saturated heterocycles. The number of allylic oxidation sites excluding steroid dienone is 2. The SMILES string of the molecule is NCC1=C(C(CCCCO)=C(c2ccc(O)cc2)c2ccc(O)cc2)CCCC1. The van der Waals surface area contributed by atoms with Gasteiger partial charge in [-0.05, 0) is 97.1 Å². The summed E-state index contributed by atoms with van der Waals surface area (Å²) >= 11 is 0. The maximum atomic E-state index is 9.78. The van der Waals surface area contributed by atoms with Gasteiger partial charge in [0.25, 0.3) is 0 Å². The average molecular weight is 394 g/mol. The Bertz CT molecular complexity index is 816. The molecule has 0 heterocycles. The van der Waals surface area contributed by atoms with Gasteiger partial charge in [0, 0.05) is 13.2 Å². The highest BCUT2D eigenvalue weighted by atomic mass is 16.3. The van der Waals surface area contributed by atoms with Crippen LogP contribution in [0.2, 0.25) is 0 Å². The lowest BCUT2D eigenvalue weighted by Crippen LogP contribution is -2.13. The first-order valence-corrected chi connectivity index (χ1v) is 10.5. The van der Waals surface area contributed by atoms with E-state index in [9.17, 15) is 15.3 Å². The van der Waals surface area contributed by atoms with E-state index >= 15 is 0 Å². The molecule has 0 amide bonds. The summed E-state index contributed by atoms with van der Waals surface area (Å²) in [6.45, 7) is 0.751. The molecule has 0 aliphatic heterocycles. The quantitative estimate of drug-likeness (QED) is 0.481. The van der Waals surface area contributed by atoms with E-state index in [1.54, 1.807) is 24.3 Å². The minimum absolute atomic E-state index is 0.184. The van der Waals surface area contributed by atoms with E-state index < -0.39 is 0 Å². The Hall–Kier alpha value is -2.56. The van der Waals surface area contributed by atoms with E-state index in [4.69, 9.17) is 5.73 Å². The molecule has 1 aliphatic rings. The molecule has 5 N–H and O–H groups in total. The Morgan fingerprint density at radius 1 is 0.793 bits per heavy atom. The number of phenolic OH excluding ortho intramolecular Hbond substituents is 2. The third-order valence-electron chi connectivity index (χ3n) is 5.64. The molecule has 1 aliphatic carbocycles. The zero-order chi connectivity index (χ0) is 20.6. The highest BCUT2D eigenvalue weighted by Crippen LogP contribution is 2.39. The van der Waals surface area contributed by atoms with Gasteiger partial charge in [-0.3, -0.25) is 0 Å². The van der Waals surface area contributed by atoms with E-state index in [1.807, 2.05) is 24.3 Å². The molecule has 0 atom stereocenters. The molecule has 0 unspecified atom stereocenters. The fourth-order valence-corrected chi connectivity index (χ4v) is 4.17. The van der Waals surface area contributed by atoms with Crippen LogP contribution in [-0.4, -0.2) is 28.5 Å².